The monoisotopic (exact) mass is 1040 g/mol. The molecule has 0 N–H and O–H groups in total. The van der Waals surface area contributed by atoms with E-state index in [9.17, 15) is 14.4 Å². The minimum absolute atomic E-state index is 0.0896. The number of carbonyl (C=O) groups is 3. The molecule has 0 radical (unpaired) electrons. The molecule has 0 aromatic carbocycles. The molecule has 0 rings (SSSR count). The van der Waals surface area contributed by atoms with Gasteiger partial charge in [-0.15, -0.1) is 0 Å². The molecule has 0 aliphatic heterocycles. The minimum atomic E-state index is -0.797. The van der Waals surface area contributed by atoms with Crippen molar-refractivity contribution in [1.29, 1.82) is 0 Å². The predicted octanol–water partition coefficient (Wildman–Crippen LogP) is 21.7. The molecule has 0 fully saturated rings. The Labute approximate surface area is 464 Å². The number of rotatable bonds is 57. The van der Waals surface area contributed by atoms with Crippen LogP contribution in [-0.2, 0) is 28.6 Å². The van der Waals surface area contributed by atoms with Gasteiger partial charge < -0.3 is 14.2 Å². The fourth-order valence-corrected chi connectivity index (χ4v) is 8.90. The number of hydrogen-bond donors (Lipinski definition) is 0. The molecule has 0 aromatic rings. The second kappa shape index (κ2) is 62.9. The lowest BCUT2D eigenvalue weighted by Crippen LogP contribution is -2.30. The number of hydrogen-bond acceptors (Lipinski definition) is 6. The predicted molar refractivity (Wildman–Crippen MR) is 325 cm³/mol. The van der Waals surface area contributed by atoms with Gasteiger partial charge in [0.05, 0.1) is 0 Å². The molecule has 0 spiro atoms. The number of ether oxygens (including phenoxy) is 3. The van der Waals surface area contributed by atoms with E-state index < -0.39 is 6.10 Å². The maximum absolute atomic E-state index is 12.9. The Morgan fingerprint density at radius 3 is 0.813 bits per heavy atom. The fourth-order valence-electron chi connectivity index (χ4n) is 8.90. The zero-order valence-corrected chi connectivity index (χ0v) is 49.3. The molecule has 0 heterocycles. The Kier molecular flexibility index (Phi) is 59.8. The molecule has 75 heavy (non-hydrogen) atoms. The Hall–Kier alpha value is -3.67. The third kappa shape index (κ3) is 61.1. The summed E-state index contributed by atoms with van der Waals surface area (Å²) in [6.07, 6.45) is 84.1. The highest BCUT2D eigenvalue weighted by molar-refractivity contribution is 5.71. The van der Waals surface area contributed by atoms with Gasteiger partial charge in [0.1, 0.15) is 13.2 Å². The number of allylic oxidation sites excluding steroid dienone is 16. The third-order valence-corrected chi connectivity index (χ3v) is 13.6. The van der Waals surface area contributed by atoms with Crippen LogP contribution in [0.3, 0.4) is 0 Å². The normalized spacial score (nSPS) is 12.7. The highest BCUT2D eigenvalue weighted by atomic mass is 16.6. The molecule has 0 saturated heterocycles. The summed E-state index contributed by atoms with van der Waals surface area (Å²) in [6.45, 7) is 6.42. The molecule has 0 aliphatic carbocycles. The molecule has 0 bridgehead atoms. The highest BCUT2D eigenvalue weighted by Crippen LogP contribution is 2.17. The van der Waals surface area contributed by atoms with Crippen molar-refractivity contribution in [2.24, 2.45) is 0 Å². The summed E-state index contributed by atoms with van der Waals surface area (Å²) in [5.74, 6) is -0.917. The van der Waals surface area contributed by atoms with Gasteiger partial charge >= 0.3 is 17.9 Å². The van der Waals surface area contributed by atoms with Crippen LogP contribution in [0.4, 0.5) is 0 Å². The van der Waals surface area contributed by atoms with Crippen molar-refractivity contribution in [2.75, 3.05) is 13.2 Å². The van der Waals surface area contributed by atoms with Gasteiger partial charge in [-0.2, -0.15) is 0 Å². The molecule has 1 unspecified atom stereocenters. The van der Waals surface area contributed by atoms with E-state index in [0.717, 1.165) is 135 Å². The molecular formula is C69H118O6. The van der Waals surface area contributed by atoms with Gasteiger partial charge in [-0.1, -0.05) is 285 Å². The van der Waals surface area contributed by atoms with E-state index in [-0.39, 0.29) is 31.1 Å². The van der Waals surface area contributed by atoms with Gasteiger partial charge in [-0.3, -0.25) is 14.4 Å². The van der Waals surface area contributed by atoms with Crippen LogP contribution in [0.2, 0.25) is 0 Å². The van der Waals surface area contributed by atoms with Crippen molar-refractivity contribution in [3.8, 4) is 0 Å². The quantitative estimate of drug-likeness (QED) is 0.0261. The Morgan fingerprint density at radius 2 is 0.520 bits per heavy atom. The highest BCUT2D eigenvalue weighted by Gasteiger charge is 2.19. The lowest BCUT2D eigenvalue weighted by molar-refractivity contribution is -0.167. The number of esters is 3. The van der Waals surface area contributed by atoms with E-state index in [1.54, 1.807) is 0 Å². The van der Waals surface area contributed by atoms with Crippen LogP contribution >= 0.6 is 0 Å². The van der Waals surface area contributed by atoms with Gasteiger partial charge in [0.15, 0.2) is 6.10 Å². The van der Waals surface area contributed by atoms with Crippen molar-refractivity contribution in [3.63, 3.8) is 0 Å². The molecule has 430 valence electrons. The van der Waals surface area contributed by atoms with E-state index >= 15 is 0 Å². The zero-order valence-electron chi connectivity index (χ0n) is 49.3. The first-order chi connectivity index (χ1) is 37.0. The Morgan fingerprint density at radius 1 is 0.280 bits per heavy atom. The molecule has 1 atom stereocenters. The first-order valence-corrected chi connectivity index (χ1v) is 31.7. The molecule has 6 heteroatoms. The average Bonchev–Trinajstić information content (AvgIpc) is 3.41. The lowest BCUT2D eigenvalue weighted by Gasteiger charge is -2.18. The summed E-state index contributed by atoms with van der Waals surface area (Å²) in [4.78, 5) is 38.3. The molecule has 0 saturated carbocycles. The molecule has 6 nitrogen and oxygen atoms in total. The maximum atomic E-state index is 12.9. The minimum Gasteiger partial charge on any atom is -0.462 e. The number of carbonyl (C=O) groups excluding carboxylic acids is 3. The molecule has 0 amide bonds. The first kappa shape index (κ1) is 71.3. The van der Waals surface area contributed by atoms with Crippen LogP contribution in [0.5, 0.6) is 0 Å². The second-order valence-corrected chi connectivity index (χ2v) is 20.9. The largest absolute Gasteiger partial charge is 0.462 e. The average molecular weight is 1040 g/mol. The van der Waals surface area contributed by atoms with E-state index in [4.69, 9.17) is 14.2 Å². The van der Waals surface area contributed by atoms with Crippen molar-refractivity contribution in [3.05, 3.63) is 97.2 Å². The fraction of sp³-hybridized carbons (Fsp3) is 0.725. The van der Waals surface area contributed by atoms with Crippen LogP contribution in [0.15, 0.2) is 97.2 Å². The summed E-state index contributed by atoms with van der Waals surface area (Å²) in [5, 5.41) is 0. The van der Waals surface area contributed by atoms with Gasteiger partial charge in [-0.05, 0) is 96.3 Å². The van der Waals surface area contributed by atoms with Crippen LogP contribution in [0, 0.1) is 0 Å². The van der Waals surface area contributed by atoms with Gasteiger partial charge in [0.25, 0.3) is 0 Å². The summed E-state index contributed by atoms with van der Waals surface area (Å²) in [6, 6.07) is 0. The van der Waals surface area contributed by atoms with Crippen molar-refractivity contribution in [1.82, 2.24) is 0 Å². The van der Waals surface area contributed by atoms with E-state index in [0.29, 0.717) is 19.3 Å². The Bertz CT molecular complexity index is 1480. The van der Waals surface area contributed by atoms with Crippen LogP contribution in [0.25, 0.3) is 0 Å². The van der Waals surface area contributed by atoms with E-state index in [1.165, 1.54) is 128 Å². The van der Waals surface area contributed by atoms with E-state index in [1.807, 2.05) is 0 Å². The smallest absolute Gasteiger partial charge is 0.306 e. The summed E-state index contributed by atoms with van der Waals surface area (Å²) in [7, 11) is 0. The summed E-state index contributed by atoms with van der Waals surface area (Å²) in [5.41, 5.74) is 0. The van der Waals surface area contributed by atoms with Gasteiger partial charge in [-0.25, -0.2) is 0 Å². The molecule has 0 aliphatic rings. The summed E-state index contributed by atoms with van der Waals surface area (Å²) >= 11 is 0. The maximum Gasteiger partial charge on any atom is 0.306 e. The zero-order chi connectivity index (χ0) is 54.3. The molecule has 0 aromatic heterocycles. The summed E-state index contributed by atoms with van der Waals surface area (Å²) < 4.78 is 16.9. The van der Waals surface area contributed by atoms with Crippen molar-refractivity contribution < 1.29 is 28.6 Å². The van der Waals surface area contributed by atoms with Crippen LogP contribution in [0.1, 0.15) is 303 Å². The van der Waals surface area contributed by atoms with Gasteiger partial charge in [0, 0.05) is 19.3 Å². The first-order valence-electron chi connectivity index (χ1n) is 31.7. The second-order valence-electron chi connectivity index (χ2n) is 20.9. The topological polar surface area (TPSA) is 78.9 Å². The van der Waals surface area contributed by atoms with Gasteiger partial charge in [0.2, 0.25) is 0 Å². The lowest BCUT2D eigenvalue weighted by atomic mass is 10.0. The van der Waals surface area contributed by atoms with Crippen LogP contribution in [-0.4, -0.2) is 37.2 Å². The molecular weight excluding hydrogens is 925 g/mol. The SMILES string of the molecule is CC/C=C\C/C=C\C/C=C\C/C=C\CCCCCCCCC(=O)OC(COC(=O)CCCCCC/C=C\C/C=C\C/C=C\C/C=C\CC)COC(=O)CCCCCCCCCCCCCCCCCCCCCCC. The number of unbranched alkanes of at least 4 members (excludes halogenated alkanes) is 30. The standard InChI is InChI=1S/C69H118O6/c1-4-7-10-13-16-19-22-25-28-31-33-34-36-38-41-44-47-50-53-56-59-62-68(71)74-65-66(64-73-67(70)61-58-55-52-49-46-43-40-37-30-27-24-21-18-15-12-9-6-3)75-69(72)63-60-57-54-51-48-45-42-39-35-32-29-26-23-20-17-14-11-8-5-2/h8-9,11-12,17-18,20-21,26-27,29-30,35,39-40,43,66H,4-7,10,13-16,19,22-25,28,31-34,36-38,41-42,44-65H2,1-3H3/b11-8-,12-9-,20-17-,21-18-,29-26-,30-27-,39-35-,43-40-. The third-order valence-electron chi connectivity index (χ3n) is 13.6. The van der Waals surface area contributed by atoms with Crippen LogP contribution < -0.4 is 0 Å². The van der Waals surface area contributed by atoms with Crippen molar-refractivity contribution >= 4 is 17.9 Å². The van der Waals surface area contributed by atoms with E-state index in [2.05, 4.69) is 118 Å². The van der Waals surface area contributed by atoms with Crippen molar-refractivity contribution in [2.45, 2.75) is 309 Å². The Balaban J connectivity index is 4.41.